The van der Waals surface area contributed by atoms with Crippen LogP contribution in [0.4, 0.5) is 5.69 Å². The molecule has 0 spiro atoms. The van der Waals surface area contributed by atoms with Gasteiger partial charge in [-0.3, -0.25) is 14.7 Å². The molecule has 1 atom stereocenters. The standard InChI is InChI=1S/C20H22BrNO7S2/c1-28-18-10-13-3-2-8-30-19(16(13)11-17(18)21)12-29-7-6-14-9-15(22(23)24)4-5-20(14)31(25,26)27/h4-5,9-11,19H,2-3,6-8,12H2,1H3,(H,25,26,27). The maximum Gasteiger partial charge on any atom is 0.294 e. The molecule has 1 aliphatic rings. The minimum absolute atomic E-state index is 0.103. The Morgan fingerprint density at radius 2 is 2.10 bits per heavy atom. The number of rotatable bonds is 8. The average Bonchev–Trinajstić information content (AvgIpc) is 2.91. The van der Waals surface area contributed by atoms with Gasteiger partial charge in [-0.25, -0.2) is 0 Å². The smallest absolute Gasteiger partial charge is 0.294 e. The Bertz CT molecular complexity index is 1080. The third kappa shape index (κ3) is 5.98. The largest absolute Gasteiger partial charge is 0.496 e. The van der Waals surface area contributed by atoms with Crippen LogP contribution in [0.15, 0.2) is 39.7 Å². The van der Waals surface area contributed by atoms with Gasteiger partial charge in [-0.15, -0.1) is 0 Å². The van der Waals surface area contributed by atoms with E-state index in [1.165, 1.54) is 11.1 Å². The number of halogens is 1. The van der Waals surface area contributed by atoms with Gasteiger partial charge in [0.2, 0.25) is 0 Å². The van der Waals surface area contributed by atoms with Crippen LogP contribution in [-0.2, 0) is 27.7 Å². The Labute approximate surface area is 193 Å². The number of nitro benzene ring substituents is 1. The molecule has 8 nitrogen and oxygen atoms in total. The molecule has 1 unspecified atom stereocenters. The van der Waals surface area contributed by atoms with Crippen molar-refractivity contribution < 1.29 is 27.4 Å². The van der Waals surface area contributed by atoms with Crippen molar-refractivity contribution in [3.8, 4) is 5.75 Å². The van der Waals surface area contributed by atoms with Gasteiger partial charge in [-0.05, 0) is 75.8 Å². The molecule has 0 saturated carbocycles. The SMILES string of the molecule is COc1cc2c(cc1Br)C(COCCc1cc([N+](=O)[O-])ccc1S(=O)(=O)O)SCCC2. The number of hydrogen-bond donors (Lipinski definition) is 1. The van der Waals surface area contributed by atoms with Crippen molar-refractivity contribution in [1.29, 1.82) is 0 Å². The molecule has 31 heavy (non-hydrogen) atoms. The Balaban J connectivity index is 1.71. The van der Waals surface area contributed by atoms with Crippen LogP contribution in [0.3, 0.4) is 0 Å². The number of aryl methyl sites for hydroxylation is 1. The van der Waals surface area contributed by atoms with Crippen LogP contribution in [0.2, 0.25) is 0 Å². The van der Waals surface area contributed by atoms with Crippen molar-refractivity contribution in [3.63, 3.8) is 0 Å². The lowest BCUT2D eigenvalue weighted by Gasteiger charge is -2.19. The number of benzene rings is 2. The number of nitrogens with zero attached hydrogens (tertiary/aromatic N) is 1. The van der Waals surface area contributed by atoms with Gasteiger partial charge in [0.15, 0.2) is 0 Å². The fourth-order valence-corrected chi connectivity index (χ4v) is 5.94. The highest BCUT2D eigenvalue weighted by molar-refractivity contribution is 9.10. The maximum absolute atomic E-state index is 11.6. The van der Waals surface area contributed by atoms with Crippen molar-refractivity contribution in [3.05, 3.63) is 61.6 Å². The minimum Gasteiger partial charge on any atom is -0.496 e. The fraction of sp³-hybridized carbons (Fsp3) is 0.400. The summed E-state index contributed by atoms with van der Waals surface area (Å²) in [5.74, 6) is 1.77. The van der Waals surface area contributed by atoms with E-state index in [-0.39, 0.29) is 34.4 Å². The summed E-state index contributed by atoms with van der Waals surface area (Å²) in [6.45, 7) is 0.569. The Morgan fingerprint density at radius 3 is 2.77 bits per heavy atom. The van der Waals surface area contributed by atoms with E-state index >= 15 is 0 Å². The zero-order valence-electron chi connectivity index (χ0n) is 16.7. The number of methoxy groups -OCH3 is 1. The molecule has 0 bridgehead atoms. The predicted octanol–water partition coefficient (Wildman–Crippen LogP) is 4.59. The van der Waals surface area contributed by atoms with Crippen molar-refractivity contribution in [1.82, 2.24) is 0 Å². The van der Waals surface area contributed by atoms with Crippen molar-refractivity contribution >= 4 is 43.5 Å². The third-order valence-corrected chi connectivity index (χ3v) is 7.88. The number of non-ortho nitro benzene ring substituents is 1. The summed E-state index contributed by atoms with van der Waals surface area (Å²) in [4.78, 5) is 10.1. The lowest BCUT2D eigenvalue weighted by atomic mass is 10.0. The molecule has 0 amide bonds. The lowest BCUT2D eigenvalue weighted by Crippen LogP contribution is -2.11. The zero-order chi connectivity index (χ0) is 22.6. The summed E-state index contributed by atoms with van der Waals surface area (Å²) in [7, 11) is -2.86. The molecule has 1 heterocycles. The maximum atomic E-state index is 11.6. The summed E-state index contributed by atoms with van der Waals surface area (Å²) in [6.07, 6.45) is 2.12. The molecule has 0 aromatic heterocycles. The van der Waals surface area contributed by atoms with E-state index in [9.17, 15) is 23.1 Å². The molecule has 3 rings (SSSR count). The highest BCUT2D eigenvalue weighted by Gasteiger charge is 2.22. The summed E-state index contributed by atoms with van der Waals surface area (Å²) in [5, 5.41) is 11.1. The highest BCUT2D eigenvalue weighted by atomic mass is 79.9. The van der Waals surface area contributed by atoms with Crippen molar-refractivity contribution in [2.75, 3.05) is 26.1 Å². The number of fused-ring (bicyclic) bond motifs is 1. The van der Waals surface area contributed by atoms with E-state index in [1.54, 1.807) is 18.9 Å². The molecule has 0 fully saturated rings. The molecule has 2 aromatic rings. The van der Waals surface area contributed by atoms with Gasteiger partial charge in [0.25, 0.3) is 15.8 Å². The molecule has 11 heteroatoms. The number of thioether (sulfide) groups is 1. The normalized spacial score (nSPS) is 16.4. The first kappa shape index (κ1) is 24.0. The van der Waals surface area contributed by atoms with Crippen LogP contribution in [0.1, 0.15) is 28.4 Å². The first-order valence-electron chi connectivity index (χ1n) is 9.51. The second-order valence-electron chi connectivity index (χ2n) is 7.00. The van der Waals surface area contributed by atoms with E-state index in [4.69, 9.17) is 9.47 Å². The van der Waals surface area contributed by atoms with Crippen LogP contribution >= 0.6 is 27.7 Å². The van der Waals surface area contributed by atoms with E-state index in [2.05, 4.69) is 22.0 Å². The quantitative estimate of drug-likeness (QED) is 0.227. The minimum atomic E-state index is -4.49. The molecule has 1 aliphatic heterocycles. The lowest BCUT2D eigenvalue weighted by molar-refractivity contribution is -0.385. The molecule has 0 saturated heterocycles. The second-order valence-corrected chi connectivity index (χ2v) is 10.6. The number of ether oxygens (including phenoxy) is 2. The molecular weight excluding hydrogens is 510 g/mol. The average molecular weight is 532 g/mol. The summed E-state index contributed by atoms with van der Waals surface area (Å²) in [6, 6.07) is 7.35. The monoisotopic (exact) mass is 531 g/mol. The molecule has 1 N–H and O–H groups in total. The van der Waals surface area contributed by atoms with Crippen LogP contribution in [0.25, 0.3) is 0 Å². The summed E-state index contributed by atoms with van der Waals surface area (Å²) >= 11 is 5.33. The Morgan fingerprint density at radius 1 is 1.32 bits per heavy atom. The first-order valence-corrected chi connectivity index (χ1v) is 12.8. The highest BCUT2D eigenvalue weighted by Crippen LogP contribution is 2.40. The second kappa shape index (κ2) is 10.3. The van der Waals surface area contributed by atoms with Crippen LogP contribution in [-0.4, -0.2) is 44.0 Å². The van der Waals surface area contributed by atoms with Gasteiger partial charge in [0.05, 0.1) is 39.9 Å². The number of nitro groups is 1. The van der Waals surface area contributed by atoms with Gasteiger partial charge >= 0.3 is 0 Å². The van der Waals surface area contributed by atoms with E-state index in [0.29, 0.717) is 6.61 Å². The zero-order valence-corrected chi connectivity index (χ0v) is 20.0. The third-order valence-electron chi connectivity index (χ3n) is 4.99. The van der Waals surface area contributed by atoms with Crippen LogP contribution in [0.5, 0.6) is 5.75 Å². The van der Waals surface area contributed by atoms with Crippen molar-refractivity contribution in [2.24, 2.45) is 0 Å². The fourth-order valence-electron chi connectivity index (χ4n) is 3.50. The predicted molar refractivity (Wildman–Crippen MR) is 122 cm³/mol. The van der Waals surface area contributed by atoms with Crippen molar-refractivity contribution in [2.45, 2.75) is 29.4 Å². The van der Waals surface area contributed by atoms with E-state index in [1.807, 2.05) is 6.07 Å². The molecule has 168 valence electrons. The van der Waals surface area contributed by atoms with E-state index < -0.39 is 15.0 Å². The van der Waals surface area contributed by atoms with Crippen LogP contribution in [0, 0.1) is 10.1 Å². The van der Waals surface area contributed by atoms with Crippen LogP contribution < -0.4 is 4.74 Å². The molecule has 0 aliphatic carbocycles. The van der Waals surface area contributed by atoms with Gasteiger partial charge in [-0.2, -0.15) is 20.2 Å². The summed E-state index contributed by atoms with van der Waals surface area (Å²) < 4.78 is 44.7. The Kier molecular flexibility index (Phi) is 7.98. The van der Waals surface area contributed by atoms with E-state index in [0.717, 1.165) is 47.0 Å². The molecular formula is C20H22BrNO7S2. The van der Waals surface area contributed by atoms with Gasteiger partial charge in [0.1, 0.15) is 5.75 Å². The van der Waals surface area contributed by atoms with Gasteiger partial charge in [-0.1, -0.05) is 0 Å². The summed E-state index contributed by atoms with van der Waals surface area (Å²) in [5.41, 5.74) is 2.29. The number of hydrogen-bond acceptors (Lipinski definition) is 7. The Hall–Kier alpha value is -1.66. The first-order chi connectivity index (χ1) is 14.7. The molecule has 0 radical (unpaired) electrons. The van der Waals surface area contributed by atoms with Gasteiger partial charge in [0, 0.05) is 12.1 Å². The van der Waals surface area contributed by atoms with Gasteiger partial charge < -0.3 is 9.47 Å². The molecule has 2 aromatic carbocycles. The topological polar surface area (TPSA) is 116 Å².